The van der Waals surface area contributed by atoms with Crippen molar-refractivity contribution in [2.75, 3.05) is 47.5 Å². The number of hydrogen-bond acceptors (Lipinski definition) is 7. The van der Waals surface area contributed by atoms with Gasteiger partial charge < -0.3 is 18.9 Å². The molecule has 0 fully saturated rings. The van der Waals surface area contributed by atoms with E-state index in [4.69, 9.17) is 18.5 Å². The molecule has 2 unspecified atom stereocenters. The van der Waals surface area contributed by atoms with Crippen molar-refractivity contribution >= 4 is 19.8 Å². The quantitative estimate of drug-likeness (QED) is 0.0278. The maximum Gasteiger partial charge on any atom is 0.472 e. The zero-order valence-electron chi connectivity index (χ0n) is 41.9. The Morgan fingerprint density at radius 3 is 1.03 bits per heavy atom. The van der Waals surface area contributed by atoms with Crippen LogP contribution in [0.3, 0.4) is 0 Å². The Labute approximate surface area is 384 Å². The van der Waals surface area contributed by atoms with Crippen LogP contribution in [0.15, 0.2) is 0 Å². The summed E-state index contributed by atoms with van der Waals surface area (Å²) in [6.07, 6.45) is 48.9. The summed E-state index contributed by atoms with van der Waals surface area (Å²) in [5, 5.41) is 0. The minimum atomic E-state index is -4.37. The molecular formula is C52H105NO8P+. The second-order valence-corrected chi connectivity index (χ2v) is 21.1. The van der Waals surface area contributed by atoms with Crippen molar-refractivity contribution in [3.05, 3.63) is 0 Å². The zero-order valence-corrected chi connectivity index (χ0v) is 42.8. The molecule has 9 nitrogen and oxygen atoms in total. The lowest BCUT2D eigenvalue weighted by Gasteiger charge is -2.24. The number of phosphoric ester groups is 1. The fourth-order valence-electron chi connectivity index (χ4n) is 7.96. The van der Waals surface area contributed by atoms with Gasteiger partial charge in [0.25, 0.3) is 0 Å². The summed E-state index contributed by atoms with van der Waals surface area (Å²) in [4.78, 5) is 35.5. The van der Waals surface area contributed by atoms with Crippen LogP contribution in [0.5, 0.6) is 0 Å². The molecule has 0 aliphatic rings. The molecule has 0 aromatic carbocycles. The van der Waals surface area contributed by atoms with Crippen LogP contribution in [-0.4, -0.2) is 74.9 Å². The summed E-state index contributed by atoms with van der Waals surface area (Å²) >= 11 is 0. The van der Waals surface area contributed by atoms with Gasteiger partial charge in [0.2, 0.25) is 0 Å². The fourth-order valence-corrected chi connectivity index (χ4v) is 8.70. The maximum absolute atomic E-state index is 12.7. The summed E-state index contributed by atoms with van der Waals surface area (Å²) < 4.78 is 34.4. The monoisotopic (exact) mass is 903 g/mol. The van der Waals surface area contributed by atoms with Crippen molar-refractivity contribution in [1.82, 2.24) is 0 Å². The number of carbonyl (C=O) groups excluding carboxylic acids is 2. The SMILES string of the molecule is CCCCCCCCCCCCCCCCCCCCCCCCCCCCCC(=O)OC(COC(=O)CCCCCCCCCCCCC)COP(=O)(O)OCC[N+](C)(C)C. The molecule has 62 heavy (non-hydrogen) atoms. The van der Waals surface area contributed by atoms with Crippen LogP contribution in [0.2, 0.25) is 0 Å². The van der Waals surface area contributed by atoms with E-state index in [-0.39, 0.29) is 25.6 Å². The Bertz CT molecular complexity index is 1020. The number of hydrogen-bond donors (Lipinski definition) is 1. The van der Waals surface area contributed by atoms with Gasteiger partial charge in [-0.3, -0.25) is 18.6 Å². The summed E-state index contributed by atoms with van der Waals surface area (Å²) in [7, 11) is 1.50. The van der Waals surface area contributed by atoms with E-state index in [1.807, 2.05) is 21.1 Å². The molecule has 0 aromatic rings. The first-order chi connectivity index (χ1) is 30.0. The van der Waals surface area contributed by atoms with Crippen LogP contribution in [0.25, 0.3) is 0 Å². The van der Waals surface area contributed by atoms with Crippen LogP contribution >= 0.6 is 7.82 Å². The number of likely N-dealkylation sites (N-methyl/N-ethyl adjacent to an activating group) is 1. The van der Waals surface area contributed by atoms with Crippen molar-refractivity contribution in [2.24, 2.45) is 0 Å². The Morgan fingerprint density at radius 1 is 0.435 bits per heavy atom. The first kappa shape index (κ1) is 61.0. The Morgan fingerprint density at radius 2 is 0.726 bits per heavy atom. The molecule has 0 heterocycles. The molecule has 0 rings (SSSR count). The normalized spacial score (nSPS) is 13.3. The molecule has 0 aliphatic heterocycles. The molecule has 0 aromatic heterocycles. The lowest BCUT2D eigenvalue weighted by Crippen LogP contribution is -2.37. The van der Waals surface area contributed by atoms with Gasteiger partial charge in [0, 0.05) is 12.8 Å². The highest BCUT2D eigenvalue weighted by Gasteiger charge is 2.27. The molecule has 1 N–H and O–H groups in total. The van der Waals surface area contributed by atoms with Gasteiger partial charge in [0.05, 0.1) is 27.7 Å². The molecule has 0 radical (unpaired) electrons. The summed E-state index contributed by atoms with van der Waals surface area (Å²) in [6, 6.07) is 0. The first-order valence-electron chi connectivity index (χ1n) is 26.8. The zero-order chi connectivity index (χ0) is 45.7. The first-order valence-corrected chi connectivity index (χ1v) is 28.3. The molecule has 0 aliphatic carbocycles. The van der Waals surface area contributed by atoms with E-state index in [0.717, 1.165) is 38.5 Å². The topological polar surface area (TPSA) is 108 Å². The van der Waals surface area contributed by atoms with Crippen LogP contribution < -0.4 is 0 Å². The second-order valence-electron chi connectivity index (χ2n) is 19.6. The number of nitrogens with zero attached hydrogens (tertiary/aromatic N) is 1. The Balaban J connectivity index is 4.03. The number of rotatable bonds is 50. The van der Waals surface area contributed by atoms with Crippen LogP contribution in [-0.2, 0) is 32.7 Å². The van der Waals surface area contributed by atoms with Crippen LogP contribution in [0.1, 0.15) is 271 Å². The van der Waals surface area contributed by atoms with E-state index in [1.54, 1.807) is 0 Å². The minimum absolute atomic E-state index is 0.0370. The standard InChI is InChI=1S/C52H104NO8P/c1-6-8-10-12-14-16-18-19-20-21-22-23-24-25-26-27-28-29-30-31-32-33-35-37-39-41-43-45-52(55)61-50(49-60-62(56,57)59-47-46-53(3,4)5)48-58-51(54)44-42-40-38-36-34-17-15-13-11-9-7-2/h50H,6-49H2,1-5H3/p+1. The number of unbranched alkanes of at least 4 members (excludes halogenated alkanes) is 36. The largest absolute Gasteiger partial charge is 0.472 e. The molecule has 370 valence electrons. The second kappa shape index (κ2) is 45.2. The van der Waals surface area contributed by atoms with Gasteiger partial charge in [0.1, 0.15) is 19.8 Å². The van der Waals surface area contributed by atoms with Crippen LogP contribution in [0, 0.1) is 0 Å². The molecule has 2 atom stereocenters. The number of esters is 2. The molecule has 0 saturated carbocycles. The molecule has 0 bridgehead atoms. The van der Waals surface area contributed by atoms with Gasteiger partial charge >= 0.3 is 19.8 Å². The van der Waals surface area contributed by atoms with E-state index in [9.17, 15) is 19.0 Å². The summed E-state index contributed by atoms with van der Waals surface area (Å²) in [5.41, 5.74) is 0. The van der Waals surface area contributed by atoms with Gasteiger partial charge in [0.15, 0.2) is 6.10 Å². The average molecular weight is 903 g/mol. The van der Waals surface area contributed by atoms with Gasteiger partial charge in [-0.25, -0.2) is 4.57 Å². The summed E-state index contributed by atoms with van der Waals surface area (Å²) in [5.74, 6) is -0.780. The molecular weight excluding hydrogens is 798 g/mol. The fraction of sp³-hybridized carbons (Fsp3) is 0.962. The van der Waals surface area contributed by atoms with Crippen LogP contribution in [0.4, 0.5) is 0 Å². The highest BCUT2D eigenvalue weighted by Crippen LogP contribution is 2.43. The van der Waals surface area contributed by atoms with Gasteiger partial charge in [-0.2, -0.15) is 0 Å². The summed E-state index contributed by atoms with van der Waals surface area (Å²) in [6.45, 7) is 4.47. The Hall–Kier alpha value is -0.990. The molecule has 0 saturated heterocycles. The predicted molar refractivity (Wildman–Crippen MR) is 261 cm³/mol. The van der Waals surface area contributed by atoms with Crippen molar-refractivity contribution in [3.8, 4) is 0 Å². The number of carbonyl (C=O) groups is 2. The molecule has 0 amide bonds. The number of phosphoric acid groups is 1. The smallest absolute Gasteiger partial charge is 0.462 e. The van der Waals surface area contributed by atoms with E-state index >= 15 is 0 Å². The molecule has 0 spiro atoms. The van der Waals surface area contributed by atoms with E-state index in [1.165, 1.54) is 205 Å². The van der Waals surface area contributed by atoms with Gasteiger partial charge in [-0.15, -0.1) is 0 Å². The lowest BCUT2D eigenvalue weighted by atomic mass is 10.0. The minimum Gasteiger partial charge on any atom is -0.462 e. The third kappa shape index (κ3) is 48.5. The third-order valence-electron chi connectivity index (χ3n) is 12.1. The third-order valence-corrected chi connectivity index (χ3v) is 13.1. The van der Waals surface area contributed by atoms with Crippen molar-refractivity contribution < 1.29 is 42.1 Å². The van der Waals surface area contributed by atoms with E-state index in [0.29, 0.717) is 17.4 Å². The van der Waals surface area contributed by atoms with E-state index < -0.39 is 26.5 Å². The number of quaternary nitrogens is 1. The van der Waals surface area contributed by atoms with Crippen molar-refractivity contribution in [2.45, 2.75) is 277 Å². The lowest BCUT2D eigenvalue weighted by molar-refractivity contribution is -0.870. The molecule has 10 heteroatoms. The van der Waals surface area contributed by atoms with Gasteiger partial charge in [-0.05, 0) is 12.8 Å². The van der Waals surface area contributed by atoms with Crippen molar-refractivity contribution in [1.29, 1.82) is 0 Å². The highest BCUT2D eigenvalue weighted by atomic mass is 31.2. The highest BCUT2D eigenvalue weighted by molar-refractivity contribution is 7.47. The predicted octanol–water partition coefficient (Wildman–Crippen LogP) is 15.9. The van der Waals surface area contributed by atoms with Crippen molar-refractivity contribution in [3.63, 3.8) is 0 Å². The average Bonchev–Trinajstić information content (AvgIpc) is 3.23. The van der Waals surface area contributed by atoms with E-state index in [2.05, 4.69) is 13.8 Å². The Kier molecular flexibility index (Phi) is 44.5. The number of ether oxygens (including phenoxy) is 2. The van der Waals surface area contributed by atoms with Gasteiger partial charge in [-0.1, -0.05) is 245 Å². The maximum atomic E-state index is 12.7.